The number of allylic oxidation sites excluding steroid dienone is 3. The highest BCUT2D eigenvalue weighted by molar-refractivity contribution is 8.93. The minimum Gasteiger partial charge on any atom is -0.374 e. The zero-order valence-electron chi connectivity index (χ0n) is 16.7. The van der Waals surface area contributed by atoms with Crippen LogP contribution in [0, 0.1) is 0 Å². The van der Waals surface area contributed by atoms with Gasteiger partial charge in [0.05, 0.1) is 0 Å². The number of hydrogen-bond donors (Lipinski definition) is 0. The van der Waals surface area contributed by atoms with Crippen molar-refractivity contribution in [3.8, 4) is 0 Å². The van der Waals surface area contributed by atoms with Crippen molar-refractivity contribution in [3.63, 3.8) is 0 Å². The monoisotopic (exact) mass is 411 g/mol. The molecule has 0 unspecified atom stereocenters. The molecule has 0 N–H and O–H groups in total. The lowest BCUT2D eigenvalue weighted by molar-refractivity contribution is 0.391. The molecule has 1 aliphatic rings. The van der Waals surface area contributed by atoms with Crippen LogP contribution >= 0.6 is 17.0 Å². The summed E-state index contributed by atoms with van der Waals surface area (Å²) in [5, 5.41) is 0. The minimum atomic E-state index is 0. The van der Waals surface area contributed by atoms with Gasteiger partial charge in [0.2, 0.25) is 0 Å². The topological polar surface area (TPSA) is 3.24 Å². The Labute approximate surface area is 168 Å². The summed E-state index contributed by atoms with van der Waals surface area (Å²) in [7, 11) is 0. The third-order valence-electron chi connectivity index (χ3n) is 5.07. The summed E-state index contributed by atoms with van der Waals surface area (Å²) in [6, 6.07) is 0. The molecule has 0 spiro atoms. The minimum absolute atomic E-state index is 0. The van der Waals surface area contributed by atoms with Crippen LogP contribution in [0.15, 0.2) is 36.6 Å². The number of halogens is 1. The van der Waals surface area contributed by atoms with E-state index in [0.717, 1.165) is 6.54 Å². The third-order valence-corrected chi connectivity index (χ3v) is 5.07. The summed E-state index contributed by atoms with van der Waals surface area (Å²) in [5.41, 5.74) is 1.26. The molecule has 2 heteroatoms. The molecule has 0 aromatic heterocycles. The van der Waals surface area contributed by atoms with Gasteiger partial charge in [-0.25, -0.2) is 0 Å². The van der Waals surface area contributed by atoms with Crippen LogP contribution in [-0.4, -0.2) is 18.0 Å². The lowest BCUT2D eigenvalue weighted by Gasteiger charge is -2.21. The predicted molar refractivity (Wildman–Crippen MR) is 120 cm³/mol. The van der Waals surface area contributed by atoms with E-state index in [0.29, 0.717) is 0 Å². The fourth-order valence-electron chi connectivity index (χ4n) is 3.37. The molecule has 0 amide bonds. The first-order valence-corrected chi connectivity index (χ1v) is 10.6. The lowest BCUT2D eigenvalue weighted by atomic mass is 10.0. The first kappa shape index (κ1) is 24.5. The normalized spacial score (nSPS) is 13.5. The average Bonchev–Trinajstić information content (AvgIpc) is 2.62. The molecule has 0 bridgehead atoms. The summed E-state index contributed by atoms with van der Waals surface area (Å²) in [6.07, 6.45) is 28.6. The predicted octanol–water partition coefficient (Wildman–Crippen LogP) is 7.99. The maximum absolute atomic E-state index is 3.81. The molecule has 1 rings (SSSR count). The first-order valence-electron chi connectivity index (χ1n) is 10.6. The van der Waals surface area contributed by atoms with Crippen LogP contribution in [0.5, 0.6) is 0 Å². The van der Waals surface area contributed by atoms with Crippen molar-refractivity contribution in [1.29, 1.82) is 0 Å². The molecule has 0 saturated heterocycles. The first-order chi connectivity index (χ1) is 11.9. The fourth-order valence-corrected chi connectivity index (χ4v) is 3.37. The molecule has 0 saturated carbocycles. The van der Waals surface area contributed by atoms with E-state index >= 15 is 0 Å². The summed E-state index contributed by atoms with van der Waals surface area (Å²) < 4.78 is 0. The molecular weight excluding hydrogens is 370 g/mol. The largest absolute Gasteiger partial charge is 0.374 e. The molecule has 0 radical (unpaired) electrons. The van der Waals surface area contributed by atoms with Gasteiger partial charge < -0.3 is 4.90 Å². The fraction of sp³-hybridized carbons (Fsp3) is 0.739. The van der Waals surface area contributed by atoms with Gasteiger partial charge >= 0.3 is 0 Å². The Bertz CT molecular complexity index is 359. The van der Waals surface area contributed by atoms with E-state index in [1.165, 1.54) is 102 Å². The van der Waals surface area contributed by atoms with Gasteiger partial charge in [0.1, 0.15) is 0 Å². The van der Waals surface area contributed by atoms with Gasteiger partial charge in [0, 0.05) is 13.1 Å². The highest BCUT2D eigenvalue weighted by Crippen LogP contribution is 2.14. The Balaban J connectivity index is 0.00000576. The van der Waals surface area contributed by atoms with Gasteiger partial charge in [-0.15, -0.1) is 17.0 Å². The Kier molecular flexibility index (Phi) is 17.9. The van der Waals surface area contributed by atoms with Crippen LogP contribution < -0.4 is 0 Å². The number of unbranched alkanes of at least 4 members (excludes halogenated alkanes) is 13. The van der Waals surface area contributed by atoms with Gasteiger partial charge in [0.25, 0.3) is 0 Å². The van der Waals surface area contributed by atoms with E-state index in [4.69, 9.17) is 0 Å². The number of hydrogen-bond acceptors (Lipinski definition) is 1. The highest BCUT2D eigenvalue weighted by Gasteiger charge is 2.02. The van der Waals surface area contributed by atoms with Crippen LogP contribution in [0.3, 0.4) is 0 Å². The molecule has 0 aromatic carbocycles. The molecular formula is C23H42BrN. The Morgan fingerprint density at radius 3 is 1.72 bits per heavy atom. The Hall–Kier alpha value is -0.500. The van der Waals surface area contributed by atoms with Crippen LogP contribution in [0.1, 0.15) is 96.8 Å². The van der Waals surface area contributed by atoms with Gasteiger partial charge in [-0.05, 0) is 24.3 Å². The van der Waals surface area contributed by atoms with Gasteiger partial charge in [-0.3, -0.25) is 0 Å². The van der Waals surface area contributed by atoms with E-state index in [9.17, 15) is 0 Å². The number of rotatable bonds is 16. The van der Waals surface area contributed by atoms with Crippen LogP contribution in [-0.2, 0) is 0 Å². The smallest absolute Gasteiger partial charge is 0.0362 e. The van der Waals surface area contributed by atoms with E-state index in [2.05, 4.69) is 36.8 Å². The Morgan fingerprint density at radius 1 is 0.840 bits per heavy atom. The lowest BCUT2D eigenvalue weighted by Crippen LogP contribution is -2.20. The van der Waals surface area contributed by atoms with Crippen molar-refractivity contribution in [2.45, 2.75) is 96.8 Å². The van der Waals surface area contributed by atoms with Gasteiger partial charge in [-0.1, -0.05) is 109 Å². The zero-order valence-corrected chi connectivity index (χ0v) is 18.4. The van der Waals surface area contributed by atoms with Crippen molar-refractivity contribution in [3.05, 3.63) is 36.6 Å². The summed E-state index contributed by atoms with van der Waals surface area (Å²) in [6.45, 7) is 8.36. The van der Waals surface area contributed by atoms with E-state index < -0.39 is 0 Å². The van der Waals surface area contributed by atoms with Crippen LogP contribution in [0.25, 0.3) is 0 Å². The van der Waals surface area contributed by atoms with Crippen LogP contribution in [0.4, 0.5) is 0 Å². The van der Waals surface area contributed by atoms with Crippen molar-refractivity contribution in [2.75, 3.05) is 13.1 Å². The SMILES string of the molecule is Br.C=CC1=CCN(CCCCCCCCCCCCCCCC)C=C1. The van der Waals surface area contributed by atoms with Crippen LogP contribution in [0.2, 0.25) is 0 Å². The number of nitrogens with zero attached hydrogens (tertiary/aromatic N) is 1. The molecule has 1 heterocycles. The summed E-state index contributed by atoms with van der Waals surface area (Å²) >= 11 is 0. The highest BCUT2D eigenvalue weighted by atomic mass is 79.9. The molecule has 146 valence electrons. The van der Waals surface area contributed by atoms with E-state index in [-0.39, 0.29) is 17.0 Å². The van der Waals surface area contributed by atoms with Gasteiger partial charge in [0.15, 0.2) is 0 Å². The molecule has 0 aromatic rings. The quantitative estimate of drug-likeness (QED) is 0.232. The second kappa shape index (κ2) is 18.3. The van der Waals surface area contributed by atoms with Crippen molar-refractivity contribution in [1.82, 2.24) is 4.90 Å². The second-order valence-electron chi connectivity index (χ2n) is 7.32. The summed E-state index contributed by atoms with van der Waals surface area (Å²) in [4.78, 5) is 2.41. The van der Waals surface area contributed by atoms with E-state index in [1.54, 1.807) is 0 Å². The molecule has 0 aliphatic carbocycles. The van der Waals surface area contributed by atoms with Crippen molar-refractivity contribution in [2.24, 2.45) is 0 Å². The Morgan fingerprint density at radius 2 is 1.32 bits per heavy atom. The van der Waals surface area contributed by atoms with Crippen molar-refractivity contribution < 1.29 is 0 Å². The molecule has 0 fully saturated rings. The standard InChI is InChI=1S/C23H41N.BrH/c1-3-5-6-7-8-9-10-11-12-13-14-15-16-17-20-24-21-18-23(4-2)19-22-24;/h4,18-19,21H,2-3,5-17,20,22H2,1H3;1H. The third kappa shape index (κ3) is 14.4. The van der Waals surface area contributed by atoms with E-state index in [1.807, 2.05) is 6.08 Å². The molecule has 0 atom stereocenters. The average molecular weight is 413 g/mol. The molecule has 1 nitrogen and oxygen atoms in total. The zero-order chi connectivity index (χ0) is 17.3. The maximum Gasteiger partial charge on any atom is 0.0362 e. The molecule has 25 heavy (non-hydrogen) atoms. The van der Waals surface area contributed by atoms with Crippen molar-refractivity contribution >= 4 is 17.0 Å². The van der Waals surface area contributed by atoms with Gasteiger partial charge in [-0.2, -0.15) is 0 Å². The summed E-state index contributed by atoms with van der Waals surface area (Å²) in [5.74, 6) is 0. The second-order valence-corrected chi connectivity index (χ2v) is 7.32. The molecule has 1 aliphatic heterocycles. The maximum atomic E-state index is 3.81.